The van der Waals surface area contributed by atoms with Crippen LogP contribution in [0.1, 0.15) is 245 Å². The molecule has 0 aromatic carbocycles. The lowest BCUT2D eigenvalue weighted by Crippen LogP contribution is -2.30. The van der Waals surface area contributed by atoms with Gasteiger partial charge in [-0.15, -0.1) is 0 Å². The van der Waals surface area contributed by atoms with Crippen LogP contribution in [0.2, 0.25) is 0 Å². The number of hydrogen-bond acceptors (Lipinski definition) is 6. The first kappa shape index (κ1) is 69.3. The van der Waals surface area contributed by atoms with Gasteiger partial charge >= 0.3 is 17.9 Å². The number of rotatable bonds is 52. The molecule has 1 unspecified atom stereocenters. The largest absolute Gasteiger partial charge is 0.462 e. The minimum absolute atomic E-state index is 0.0926. The van der Waals surface area contributed by atoms with E-state index in [4.69, 9.17) is 14.2 Å². The van der Waals surface area contributed by atoms with Gasteiger partial charge in [-0.2, -0.15) is 0 Å². The molecule has 0 radical (unpaired) electrons. The minimum Gasteiger partial charge on any atom is -0.462 e. The van der Waals surface area contributed by atoms with Crippen LogP contribution in [0, 0.1) is 0 Å². The van der Waals surface area contributed by atoms with E-state index >= 15 is 0 Å². The molecule has 0 N–H and O–H groups in total. The van der Waals surface area contributed by atoms with Gasteiger partial charge in [-0.05, 0) is 122 Å². The zero-order chi connectivity index (χ0) is 53.6. The van der Waals surface area contributed by atoms with E-state index in [2.05, 4.69) is 167 Å². The predicted molar refractivity (Wildman–Crippen MR) is 320 cm³/mol. The van der Waals surface area contributed by atoms with E-state index in [9.17, 15) is 14.4 Å². The summed E-state index contributed by atoms with van der Waals surface area (Å²) < 4.78 is 16.7. The van der Waals surface area contributed by atoms with Crippen LogP contribution in [0.4, 0.5) is 0 Å². The first-order valence-electron chi connectivity index (χ1n) is 29.8. The third-order valence-electron chi connectivity index (χ3n) is 12.1. The van der Waals surface area contributed by atoms with Crippen LogP contribution in [0.25, 0.3) is 0 Å². The van der Waals surface area contributed by atoms with Crippen LogP contribution < -0.4 is 0 Å². The maximum Gasteiger partial charge on any atom is 0.306 e. The first-order valence-corrected chi connectivity index (χ1v) is 29.8. The fourth-order valence-electron chi connectivity index (χ4n) is 7.68. The number of allylic oxidation sites excluding steroid dienone is 24. The summed E-state index contributed by atoms with van der Waals surface area (Å²) in [6, 6.07) is 0. The van der Waals surface area contributed by atoms with Crippen molar-refractivity contribution in [3.05, 3.63) is 146 Å². The highest BCUT2D eigenvalue weighted by Crippen LogP contribution is 2.14. The standard InChI is InChI=1S/C68H108O6/c1-4-7-10-13-16-18-20-22-24-26-27-28-29-30-31-32-33-34-35-36-37-38-39-40-41-43-44-46-48-50-52-55-58-61-67(70)73-64-65(63-72-66(69)60-57-54-15-12-9-6-3)74-68(71)62-59-56-53-51-49-47-45-42-25-23-21-19-17-14-11-8-5-2/h7-8,10-11,16-19,22-25,27-28,30-31,33-34,36-37,39-40,43-44,65H,4-6,9,12-15,20-21,26,29,32,35,38,41-42,45-64H2,1-3H3/b10-7-,11-8-,18-16-,19-17-,24-22-,25-23-,28-27-,31-30-,34-33-,37-36-,40-39-,44-43-. The molecule has 0 saturated heterocycles. The Hall–Kier alpha value is -4.71. The van der Waals surface area contributed by atoms with Crippen molar-refractivity contribution in [2.24, 2.45) is 0 Å². The van der Waals surface area contributed by atoms with Gasteiger partial charge in [0, 0.05) is 19.3 Å². The Kier molecular flexibility index (Phi) is 57.0. The van der Waals surface area contributed by atoms with Gasteiger partial charge in [0.25, 0.3) is 0 Å². The molecule has 0 aliphatic carbocycles. The third-order valence-corrected chi connectivity index (χ3v) is 12.1. The van der Waals surface area contributed by atoms with Gasteiger partial charge in [-0.25, -0.2) is 0 Å². The highest BCUT2D eigenvalue weighted by atomic mass is 16.6. The first-order chi connectivity index (χ1) is 36.5. The summed E-state index contributed by atoms with van der Waals surface area (Å²) in [6.07, 6.45) is 87.3. The number of ether oxygens (including phenoxy) is 3. The molecule has 0 aromatic heterocycles. The summed E-state index contributed by atoms with van der Waals surface area (Å²) in [5.74, 6) is -0.938. The summed E-state index contributed by atoms with van der Waals surface area (Å²) in [5, 5.41) is 0. The van der Waals surface area contributed by atoms with Crippen molar-refractivity contribution >= 4 is 17.9 Å². The van der Waals surface area contributed by atoms with Crippen molar-refractivity contribution in [3.63, 3.8) is 0 Å². The Bertz CT molecular complexity index is 1640. The van der Waals surface area contributed by atoms with E-state index in [-0.39, 0.29) is 31.1 Å². The molecular weight excluding hydrogens is 913 g/mol. The Labute approximate surface area is 455 Å². The lowest BCUT2D eigenvalue weighted by atomic mass is 10.1. The van der Waals surface area contributed by atoms with Crippen molar-refractivity contribution in [1.82, 2.24) is 0 Å². The molecule has 0 amide bonds. The summed E-state index contributed by atoms with van der Waals surface area (Å²) in [4.78, 5) is 37.9. The predicted octanol–water partition coefficient (Wildman–Crippen LogP) is 20.4. The van der Waals surface area contributed by atoms with Crippen molar-refractivity contribution in [3.8, 4) is 0 Å². The summed E-state index contributed by atoms with van der Waals surface area (Å²) in [7, 11) is 0. The van der Waals surface area contributed by atoms with Crippen LogP contribution >= 0.6 is 0 Å². The zero-order valence-corrected chi connectivity index (χ0v) is 47.5. The van der Waals surface area contributed by atoms with Gasteiger partial charge in [0.2, 0.25) is 0 Å². The minimum atomic E-state index is -0.794. The molecule has 0 fully saturated rings. The molecule has 0 aliphatic rings. The fraction of sp³-hybridized carbons (Fsp3) is 0.603. The Morgan fingerprint density at radius 3 is 0.824 bits per heavy atom. The molecule has 74 heavy (non-hydrogen) atoms. The Morgan fingerprint density at radius 2 is 0.527 bits per heavy atom. The normalized spacial score (nSPS) is 13.2. The zero-order valence-electron chi connectivity index (χ0n) is 47.5. The van der Waals surface area contributed by atoms with Gasteiger partial charge in [-0.3, -0.25) is 14.4 Å². The van der Waals surface area contributed by atoms with Crippen molar-refractivity contribution in [2.45, 2.75) is 252 Å². The molecule has 1 atom stereocenters. The quantitative estimate of drug-likeness (QED) is 0.0261. The molecular formula is C68H108O6. The van der Waals surface area contributed by atoms with E-state index in [0.717, 1.165) is 161 Å². The number of unbranched alkanes of at least 4 members (excludes halogenated alkanes) is 17. The molecule has 0 aliphatic heterocycles. The average Bonchev–Trinajstić information content (AvgIpc) is 3.40. The van der Waals surface area contributed by atoms with E-state index in [1.165, 1.54) is 44.9 Å². The number of carbonyl (C=O) groups is 3. The molecule has 0 heterocycles. The number of hydrogen-bond donors (Lipinski definition) is 0. The molecule has 416 valence electrons. The summed E-state index contributed by atoms with van der Waals surface area (Å²) in [6.45, 7) is 6.32. The highest BCUT2D eigenvalue weighted by molar-refractivity contribution is 5.71. The summed E-state index contributed by atoms with van der Waals surface area (Å²) in [5.41, 5.74) is 0. The van der Waals surface area contributed by atoms with Crippen LogP contribution in [0.5, 0.6) is 0 Å². The molecule has 0 saturated carbocycles. The monoisotopic (exact) mass is 1020 g/mol. The van der Waals surface area contributed by atoms with Crippen molar-refractivity contribution in [2.75, 3.05) is 13.2 Å². The Balaban J connectivity index is 4.19. The fourth-order valence-corrected chi connectivity index (χ4v) is 7.68. The lowest BCUT2D eigenvalue weighted by molar-refractivity contribution is -0.167. The maximum absolute atomic E-state index is 12.8. The third kappa shape index (κ3) is 58.2. The molecule has 0 rings (SSSR count). The van der Waals surface area contributed by atoms with E-state index in [0.29, 0.717) is 19.3 Å². The van der Waals surface area contributed by atoms with Gasteiger partial charge in [0.05, 0.1) is 0 Å². The number of carbonyl (C=O) groups excluding carboxylic acids is 3. The van der Waals surface area contributed by atoms with Crippen LogP contribution in [-0.4, -0.2) is 37.2 Å². The van der Waals surface area contributed by atoms with E-state index < -0.39 is 6.10 Å². The van der Waals surface area contributed by atoms with Gasteiger partial charge in [-0.1, -0.05) is 250 Å². The SMILES string of the molecule is CC/C=C\C/C=C\C/C=C\C/C=C\C/C=C\C/C=C\C/C=C\C/C=C\C/C=C\CCCCCCCC(=O)OCC(COC(=O)CCCCCCCC)OC(=O)CCCCCCCCC/C=C\C/C=C\C/C=C\CC. The smallest absolute Gasteiger partial charge is 0.306 e. The second kappa shape index (κ2) is 60.8. The van der Waals surface area contributed by atoms with E-state index in [1.54, 1.807) is 0 Å². The lowest BCUT2D eigenvalue weighted by Gasteiger charge is -2.18. The highest BCUT2D eigenvalue weighted by Gasteiger charge is 2.19. The van der Waals surface area contributed by atoms with Crippen molar-refractivity contribution < 1.29 is 28.6 Å². The van der Waals surface area contributed by atoms with E-state index in [1.807, 2.05) is 0 Å². The molecule has 0 spiro atoms. The topological polar surface area (TPSA) is 78.9 Å². The van der Waals surface area contributed by atoms with Crippen LogP contribution in [0.15, 0.2) is 146 Å². The average molecular weight is 1020 g/mol. The van der Waals surface area contributed by atoms with Gasteiger partial charge in [0.15, 0.2) is 6.10 Å². The molecule has 6 heteroatoms. The van der Waals surface area contributed by atoms with Crippen LogP contribution in [-0.2, 0) is 28.6 Å². The maximum atomic E-state index is 12.8. The van der Waals surface area contributed by atoms with Crippen molar-refractivity contribution in [1.29, 1.82) is 0 Å². The summed E-state index contributed by atoms with van der Waals surface area (Å²) >= 11 is 0. The van der Waals surface area contributed by atoms with Gasteiger partial charge in [0.1, 0.15) is 13.2 Å². The molecule has 0 aromatic rings. The molecule has 0 bridgehead atoms. The second-order valence-corrected chi connectivity index (χ2v) is 19.1. The Morgan fingerprint density at radius 1 is 0.284 bits per heavy atom. The number of esters is 3. The van der Waals surface area contributed by atoms with Crippen LogP contribution in [0.3, 0.4) is 0 Å². The molecule has 6 nitrogen and oxygen atoms in total. The van der Waals surface area contributed by atoms with Gasteiger partial charge < -0.3 is 14.2 Å². The second-order valence-electron chi connectivity index (χ2n) is 19.1.